The summed E-state index contributed by atoms with van der Waals surface area (Å²) in [5.41, 5.74) is 1.42. The van der Waals surface area contributed by atoms with Crippen LogP contribution in [0.2, 0.25) is 0 Å². The van der Waals surface area contributed by atoms with Crippen molar-refractivity contribution in [3.05, 3.63) is 36.2 Å². The summed E-state index contributed by atoms with van der Waals surface area (Å²) in [6.07, 6.45) is 1.24. The molecule has 1 aromatic heterocycles. The Kier molecular flexibility index (Phi) is 4.02. The molecule has 110 valence electrons. The van der Waals surface area contributed by atoms with Gasteiger partial charge in [-0.1, -0.05) is 39.0 Å². The highest BCUT2D eigenvalue weighted by molar-refractivity contribution is 6.43. The van der Waals surface area contributed by atoms with Gasteiger partial charge in [-0.3, -0.25) is 14.9 Å². The number of carbonyl (C=O) groups is 2. The number of para-hydroxylation sites is 1. The molecule has 0 bridgehead atoms. The zero-order valence-corrected chi connectivity index (χ0v) is 12.1. The SMILES string of the molecule is CC(C)(C)c1ccccc1NC(=O)C(=O)Nc1ncn[nH]1. The van der Waals surface area contributed by atoms with Crippen LogP contribution in [0.3, 0.4) is 0 Å². The number of nitrogens with one attached hydrogen (secondary N) is 3. The molecule has 7 heteroatoms. The van der Waals surface area contributed by atoms with Gasteiger partial charge in [0.25, 0.3) is 0 Å². The Balaban J connectivity index is 2.11. The molecule has 3 N–H and O–H groups in total. The number of carbonyl (C=O) groups excluding carboxylic acids is 2. The number of amides is 2. The average Bonchev–Trinajstić information content (AvgIpc) is 2.91. The average molecular weight is 287 g/mol. The van der Waals surface area contributed by atoms with E-state index in [0.717, 1.165) is 5.56 Å². The van der Waals surface area contributed by atoms with Gasteiger partial charge in [0.15, 0.2) is 0 Å². The molecule has 0 aliphatic heterocycles. The second-order valence-electron chi connectivity index (χ2n) is 5.54. The molecule has 0 aliphatic rings. The summed E-state index contributed by atoms with van der Waals surface area (Å²) in [4.78, 5) is 27.4. The minimum atomic E-state index is -0.810. The van der Waals surface area contributed by atoms with Crippen molar-refractivity contribution < 1.29 is 9.59 Å². The van der Waals surface area contributed by atoms with Crippen molar-refractivity contribution in [2.45, 2.75) is 26.2 Å². The maximum Gasteiger partial charge on any atom is 0.316 e. The lowest BCUT2D eigenvalue weighted by atomic mass is 9.86. The maximum absolute atomic E-state index is 11.9. The van der Waals surface area contributed by atoms with Crippen molar-refractivity contribution in [3.8, 4) is 0 Å². The number of nitrogens with zero attached hydrogens (tertiary/aromatic N) is 2. The number of aromatic nitrogens is 3. The first-order valence-electron chi connectivity index (χ1n) is 6.45. The second-order valence-corrected chi connectivity index (χ2v) is 5.54. The molecule has 0 saturated heterocycles. The van der Waals surface area contributed by atoms with Gasteiger partial charge in [0, 0.05) is 5.69 Å². The predicted molar refractivity (Wildman–Crippen MR) is 78.8 cm³/mol. The number of benzene rings is 1. The van der Waals surface area contributed by atoms with Crippen molar-refractivity contribution >= 4 is 23.5 Å². The highest BCUT2D eigenvalue weighted by Crippen LogP contribution is 2.29. The summed E-state index contributed by atoms with van der Waals surface area (Å²) in [6, 6.07) is 7.38. The van der Waals surface area contributed by atoms with E-state index < -0.39 is 11.8 Å². The number of H-pyrrole nitrogens is 1. The van der Waals surface area contributed by atoms with Crippen molar-refractivity contribution in [2.75, 3.05) is 10.6 Å². The summed E-state index contributed by atoms with van der Waals surface area (Å²) in [7, 11) is 0. The van der Waals surface area contributed by atoms with Crippen LogP contribution in [-0.2, 0) is 15.0 Å². The Morgan fingerprint density at radius 2 is 1.76 bits per heavy atom. The van der Waals surface area contributed by atoms with Gasteiger partial charge >= 0.3 is 11.8 Å². The standard InChI is InChI=1S/C14H17N5O2/c1-14(2,3)9-6-4-5-7-10(9)17-11(20)12(21)18-13-15-8-16-19-13/h4-8H,1-3H3,(H,17,20)(H2,15,16,18,19,21). The zero-order chi connectivity index (χ0) is 15.5. The van der Waals surface area contributed by atoms with Crippen molar-refractivity contribution in [1.29, 1.82) is 0 Å². The normalized spacial score (nSPS) is 11.0. The molecule has 0 atom stereocenters. The summed E-state index contributed by atoms with van der Waals surface area (Å²) in [5, 5.41) is 11.0. The quantitative estimate of drug-likeness (QED) is 0.732. The molecule has 0 aliphatic carbocycles. The van der Waals surface area contributed by atoms with Crippen LogP contribution in [0.25, 0.3) is 0 Å². The highest BCUT2D eigenvalue weighted by atomic mass is 16.2. The molecule has 2 aromatic rings. The van der Waals surface area contributed by atoms with Crippen molar-refractivity contribution in [3.63, 3.8) is 0 Å². The molecule has 7 nitrogen and oxygen atoms in total. The Morgan fingerprint density at radius 3 is 2.38 bits per heavy atom. The minimum Gasteiger partial charge on any atom is -0.317 e. The monoisotopic (exact) mass is 287 g/mol. The predicted octanol–water partition coefficient (Wildman–Crippen LogP) is 1.68. The fourth-order valence-corrected chi connectivity index (χ4v) is 1.86. The zero-order valence-electron chi connectivity index (χ0n) is 12.1. The van der Waals surface area contributed by atoms with Gasteiger partial charge in [0.05, 0.1) is 0 Å². The topological polar surface area (TPSA) is 99.8 Å². The van der Waals surface area contributed by atoms with Gasteiger partial charge in [-0.15, -0.1) is 0 Å². The molecule has 0 spiro atoms. The molecule has 21 heavy (non-hydrogen) atoms. The van der Waals surface area contributed by atoms with E-state index in [0.29, 0.717) is 5.69 Å². The minimum absolute atomic E-state index is 0.124. The van der Waals surface area contributed by atoms with E-state index in [1.807, 2.05) is 32.9 Å². The van der Waals surface area contributed by atoms with Crippen LogP contribution < -0.4 is 10.6 Å². The van der Waals surface area contributed by atoms with E-state index in [4.69, 9.17) is 0 Å². The maximum atomic E-state index is 11.9. The number of aromatic amines is 1. The molecule has 1 aromatic carbocycles. The summed E-state index contributed by atoms with van der Waals surface area (Å²) >= 11 is 0. The lowest BCUT2D eigenvalue weighted by molar-refractivity contribution is -0.133. The van der Waals surface area contributed by atoms with Crippen LogP contribution >= 0.6 is 0 Å². The fraction of sp³-hybridized carbons (Fsp3) is 0.286. The molecule has 2 rings (SSSR count). The van der Waals surface area contributed by atoms with Crippen LogP contribution in [-0.4, -0.2) is 27.0 Å². The van der Waals surface area contributed by atoms with Crippen LogP contribution in [0, 0.1) is 0 Å². The van der Waals surface area contributed by atoms with E-state index in [2.05, 4.69) is 25.8 Å². The third kappa shape index (κ3) is 3.65. The Hall–Kier alpha value is -2.70. The molecule has 0 fully saturated rings. The van der Waals surface area contributed by atoms with Crippen LogP contribution in [0.15, 0.2) is 30.6 Å². The summed E-state index contributed by atoms with van der Waals surface area (Å²) < 4.78 is 0. The first kappa shape index (κ1) is 14.7. The number of anilines is 2. The lowest BCUT2D eigenvalue weighted by Crippen LogP contribution is -2.30. The van der Waals surface area contributed by atoms with Gasteiger partial charge in [-0.05, 0) is 17.0 Å². The third-order valence-corrected chi connectivity index (χ3v) is 2.84. The third-order valence-electron chi connectivity index (χ3n) is 2.84. The largest absolute Gasteiger partial charge is 0.317 e. The van der Waals surface area contributed by atoms with E-state index in [1.165, 1.54) is 6.33 Å². The molecule has 0 saturated carbocycles. The van der Waals surface area contributed by atoms with Crippen molar-refractivity contribution in [2.24, 2.45) is 0 Å². The van der Waals surface area contributed by atoms with Gasteiger partial charge in [-0.25, -0.2) is 5.10 Å². The van der Waals surface area contributed by atoms with E-state index in [-0.39, 0.29) is 11.4 Å². The van der Waals surface area contributed by atoms with Crippen LogP contribution in [0.5, 0.6) is 0 Å². The molecule has 0 unspecified atom stereocenters. The summed E-state index contributed by atoms with van der Waals surface area (Å²) in [6.45, 7) is 6.10. The molecule has 0 radical (unpaired) electrons. The first-order chi connectivity index (χ1) is 9.88. The Labute approximate surface area is 122 Å². The van der Waals surface area contributed by atoms with Crippen LogP contribution in [0.1, 0.15) is 26.3 Å². The molecular weight excluding hydrogens is 270 g/mol. The van der Waals surface area contributed by atoms with E-state index in [9.17, 15) is 9.59 Å². The second kappa shape index (κ2) is 5.74. The van der Waals surface area contributed by atoms with Crippen LogP contribution in [0.4, 0.5) is 11.6 Å². The molecule has 1 heterocycles. The number of rotatable bonds is 2. The van der Waals surface area contributed by atoms with Gasteiger partial charge in [0.1, 0.15) is 6.33 Å². The first-order valence-corrected chi connectivity index (χ1v) is 6.45. The van der Waals surface area contributed by atoms with Gasteiger partial charge in [0.2, 0.25) is 5.95 Å². The molecular formula is C14H17N5O2. The van der Waals surface area contributed by atoms with Crippen molar-refractivity contribution in [1.82, 2.24) is 15.2 Å². The Bertz CT molecular complexity index is 644. The fourth-order valence-electron chi connectivity index (χ4n) is 1.86. The highest BCUT2D eigenvalue weighted by Gasteiger charge is 2.21. The lowest BCUT2D eigenvalue weighted by Gasteiger charge is -2.22. The number of hydrogen-bond donors (Lipinski definition) is 3. The smallest absolute Gasteiger partial charge is 0.316 e. The molecule has 2 amide bonds. The van der Waals surface area contributed by atoms with Gasteiger partial charge < -0.3 is 5.32 Å². The van der Waals surface area contributed by atoms with E-state index >= 15 is 0 Å². The van der Waals surface area contributed by atoms with E-state index in [1.54, 1.807) is 12.1 Å². The Morgan fingerprint density at radius 1 is 1.10 bits per heavy atom. The number of hydrogen-bond acceptors (Lipinski definition) is 4. The van der Waals surface area contributed by atoms with Gasteiger partial charge in [-0.2, -0.15) is 10.1 Å². The summed E-state index contributed by atoms with van der Waals surface area (Å²) in [5.74, 6) is -1.45.